The second kappa shape index (κ2) is 6.20. The number of hydrogen-bond donors (Lipinski definition) is 1. The van der Waals surface area contributed by atoms with E-state index in [0.717, 1.165) is 12.1 Å². The number of benzene rings is 1. The van der Waals surface area contributed by atoms with Crippen LogP contribution in [0, 0.1) is 22.0 Å². The van der Waals surface area contributed by atoms with E-state index in [1.807, 2.05) is 0 Å². The minimum atomic E-state index is -4.70. The van der Waals surface area contributed by atoms with Crippen molar-refractivity contribution in [3.63, 3.8) is 0 Å². The van der Waals surface area contributed by atoms with Crippen molar-refractivity contribution in [2.75, 3.05) is 6.61 Å². The summed E-state index contributed by atoms with van der Waals surface area (Å²) in [5.41, 5.74) is -2.07. The van der Waals surface area contributed by atoms with Crippen molar-refractivity contribution in [1.29, 1.82) is 0 Å². The molecule has 0 fully saturated rings. The van der Waals surface area contributed by atoms with Gasteiger partial charge < -0.3 is 5.11 Å². The maximum Gasteiger partial charge on any atom is 0.417 e. The highest BCUT2D eigenvalue weighted by atomic mass is 19.4. The first-order chi connectivity index (χ1) is 8.86. The van der Waals surface area contributed by atoms with Gasteiger partial charge in [-0.1, -0.05) is 11.8 Å². The Labute approximate surface area is 107 Å². The van der Waals surface area contributed by atoms with Crippen LogP contribution in [0.2, 0.25) is 0 Å². The summed E-state index contributed by atoms with van der Waals surface area (Å²) in [6.45, 7) is -0.0962. The van der Waals surface area contributed by atoms with E-state index in [9.17, 15) is 23.3 Å². The Balaban J connectivity index is 3.16. The summed E-state index contributed by atoms with van der Waals surface area (Å²) in [4.78, 5) is 9.57. The molecule has 0 saturated carbocycles. The molecule has 0 atom stereocenters. The molecule has 0 spiro atoms. The van der Waals surface area contributed by atoms with Crippen LogP contribution in [0.4, 0.5) is 18.9 Å². The summed E-state index contributed by atoms with van der Waals surface area (Å²) >= 11 is 0. The Morgan fingerprint density at radius 2 is 2.05 bits per heavy atom. The van der Waals surface area contributed by atoms with Crippen LogP contribution in [0.5, 0.6) is 0 Å². The lowest BCUT2D eigenvalue weighted by Crippen LogP contribution is -2.08. The van der Waals surface area contributed by atoms with Crippen LogP contribution in [-0.4, -0.2) is 16.6 Å². The molecule has 19 heavy (non-hydrogen) atoms. The van der Waals surface area contributed by atoms with Gasteiger partial charge in [-0.05, 0) is 12.5 Å². The fourth-order valence-corrected chi connectivity index (χ4v) is 1.31. The normalized spacial score (nSPS) is 10.7. The highest BCUT2D eigenvalue weighted by molar-refractivity contribution is 5.49. The van der Waals surface area contributed by atoms with Gasteiger partial charge in [-0.2, -0.15) is 13.2 Å². The summed E-state index contributed by atoms with van der Waals surface area (Å²) in [6.07, 6.45) is -4.08. The molecule has 0 aliphatic carbocycles. The van der Waals surface area contributed by atoms with Crippen molar-refractivity contribution in [1.82, 2.24) is 0 Å². The topological polar surface area (TPSA) is 63.4 Å². The molecule has 0 amide bonds. The van der Waals surface area contributed by atoms with Crippen molar-refractivity contribution < 1.29 is 23.2 Å². The maximum absolute atomic E-state index is 12.7. The van der Waals surface area contributed by atoms with Gasteiger partial charge in [0, 0.05) is 30.7 Å². The number of alkyl halides is 3. The maximum atomic E-state index is 12.7. The number of non-ortho nitro benzene ring substituents is 1. The molecule has 0 unspecified atom stereocenters. The van der Waals surface area contributed by atoms with Gasteiger partial charge in [-0.3, -0.25) is 10.1 Å². The number of nitrogens with zero attached hydrogens (tertiary/aromatic N) is 1. The summed E-state index contributed by atoms with van der Waals surface area (Å²) in [7, 11) is 0. The third-order valence-corrected chi connectivity index (χ3v) is 2.20. The molecular formula is C12H10F3NO3. The SMILES string of the molecule is O=[N+]([O-])c1ccc(C#CCCCO)c(C(F)(F)F)c1. The quantitative estimate of drug-likeness (QED) is 0.398. The monoisotopic (exact) mass is 273 g/mol. The van der Waals surface area contributed by atoms with Crippen LogP contribution in [0.15, 0.2) is 18.2 Å². The van der Waals surface area contributed by atoms with Crippen LogP contribution < -0.4 is 0 Å². The molecule has 0 radical (unpaired) electrons. The van der Waals surface area contributed by atoms with E-state index in [0.29, 0.717) is 12.5 Å². The fraction of sp³-hybridized carbons (Fsp3) is 0.333. The molecular weight excluding hydrogens is 263 g/mol. The van der Waals surface area contributed by atoms with Crippen molar-refractivity contribution in [2.45, 2.75) is 19.0 Å². The minimum absolute atomic E-state index is 0.0962. The predicted octanol–water partition coefficient (Wildman–Crippen LogP) is 2.74. The van der Waals surface area contributed by atoms with Gasteiger partial charge in [-0.15, -0.1) is 0 Å². The van der Waals surface area contributed by atoms with Crippen LogP contribution in [-0.2, 0) is 6.18 Å². The highest BCUT2D eigenvalue weighted by Crippen LogP contribution is 2.34. The summed E-state index contributed by atoms with van der Waals surface area (Å²) in [5.74, 6) is 4.80. The molecule has 1 N–H and O–H groups in total. The Morgan fingerprint density at radius 1 is 1.37 bits per heavy atom. The lowest BCUT2D eigenvalue weighted by Gasteiger charge is -2.08. The Morgan fingerprint density at radius 3 is 2.58 bits per heavy atom. The molecule has 0 heterocycles. The van der Waals surface area contributed by atoms with Crippen LogP contribution >= 0.6 is 0 Å². The lowest BCUT2D eigenvalue weighted by atomic mass is 10.1. The third kappa shape index (κ3) is 4.26. The number of rotatable bonds is 3. The first kappa shape index (κ1) is 15.0. The first-order valence-corrected chi connectivity index (χ1v) is 5.31. The molecule has 0 aliphatic rings. The smallest absolute Gasteiger partial charge is 0.396 e. The van der Waals surface area contributed by atoms with Crippen LogP contribution in [0.25, 0.3) is 0 Å². The van der Waals surface area contributed by atoms with E-state index in [2.05, 4.69) is 11.8 Å². The first-order valence-electron chi connectivity index (χ1n) is 5.31. The van der Waals surface area contributed by atoms with E-state index in [4.69, 9.17) is 5.11 Å². The number of aliphatic hydroxyl groups excluding tert-OH is 1. The second-order valence-electron chi connectivity index (χ2n) is 3.61. The average Bonchev–Trinajstić information content (AvgIpc) is 2.33. The predicted molar refractivity (Wildman–Crippen MR) is 61.3 cm³/mol. The van der Waals surface area contributed by atoms with Crippen molar-refractivity contribution in [2.24, 2.45) is 0 Å². The van der Waals surface area contributed by atoms with Crippen molar-refractivity contribution in [3.05, 3.63) is 39.4 Å². The summed E-state index contributed by atoms with van der Waals surface area (Å²) in [5, 5.41) is 19.0. The number of nitro groups is 1. The van der Waals surface area contributed by atoms with Crippen LogP contribution in [0.1, 0.15) is 24.0 Å². The molecule has 0 aromatic heterocycles. The van der Waals surface area contributed by atoms with Gasteiger partial charge in [-0.25, -0.2) is 0 Å². The van der Waals surface area contributed by atoms with Gasteiger partial charge in [0.25, 0.3) is 5.69 Å². The molecule has 0 bridgehead atoms. The fourth-order valence-electron chi connectivity index (χ4n) is 1.31. The van der Waals surface area contributed by atoms with E-state index < -0.39 is 22.4 Å². The molecule has 0 aliphatic heterocycles. The molecule has 7 heteroatoms. The molecule has 0 saturated heterocycles. The lowest BCUT2D eigenvalue weighted by molar-refractivity contribution is -0.385. The summed E-state index contributed by atoms with van der Waals surface area (Å²) in [6, 6.07) is 2.42. The zero-order chi connectivity index (χ0) is 14.5. The standard InChI is InChI=1S/C12H10F3NO3/c13-12(14,15)11-8-10(16(18)19)6-5-9(11)4-2-1-3-7-17/h5-6,8,17H,1,3,7H2. The zero-order valence-corrected chi connectivity index (χ0v) is 9.70. The Kier molecular flexibility index (Phi) is 4.89. The van der Waals surface area contributed by atoms with Gasteiger partial charge in [0.2, 0.25) is 0 Å². The molecule has 1 rings (SSSR count). The number of unbranched alkanes of at least 4 members (excludes halogenated alkanes) is 1. The molecule has 4 nitrogen and oxygen atoms in total. The van der Waals surface area contributed by atoms with E-state index >= 15 is 0 Å². The largest absolute Gasteiger partial charge is 0.417 e. The third-order valence-electron chi connectivity index (χ3n) is 2.20. The molecule has 102 valence electrons. The number of aliphatic hydroxyl groups is 1. The van der Waals surface area contributed by atoms with Gasteiger partial charge in [0.05, 0.1) is 10.5 Å². The Hall–Kier alpha value is -2.07. The second-order valence-corrected chi connectivity index (χ2v) is 3.61. The number of hydrogen-bond acceptors (Lipinski definition) is 3. The zero-order valence-electron chi connectivity index (χ0n) is 9.70. The molecule has 1 aromatic rings. The highest BCUT2D eigenvalue weighted by Gasteiger charge is 2.34. The Bertz CT molecular complexity index is 529. The van der Waals surface area contributed by atoms with Gasteiger partial charge in [0.15, 0.2) is 0 Å². The van der Waals surface area contributed by atoms with Crippen molar-refractivity contribution in [3.8, 4) is 11.8 Å². The van der Waals surface area contributed by atoms with E-state index in [1.165, 1.54) is 0 Å². The van der Waals surface area contributed by atoms with E-state index in [1.54, 1.807) is 0 Å². The van der Waals surface area contributed by atoms with Crippen LogP contribution in [0.3, 0.4) is 0 Å². The average molecular weight is 273 g/mol. The minimum Gasteiger partial charge on any atom is -0.396 e. The van der Waals surface area contributed by atoms with Gasteiger partial charge in [0.1, 0.15) is 0 Å². The van der Waals surface area contributed by atoms with E-state index in [-0.39, 0.29) is 18.6 Å². The van der Waals surface area contributed by atoms with Gasteiger partial charge >= 0.3 is 6.18 Å². The number of halogens is 3. The summed E-state index contributed by atoms with van der Waals surface area (Å²) < 4.78 is 38.2. The molecule has 1 aromatic carbocycles. The van der Waals surface area contributed by atoms with Crippen molar-refractivity contribution >= 4 is 5.69 Å². The number of nitro benzene ring substituents is 1.